The number of hydrogen-bond acceptors (Lipinski definition) is 5. The van der Waals surface area contributed by atoms with Crippen LogP contribution in [0.1, 0.15) is 26.1 Å². The van der Waals surface area contributed by atoms with Crippen molar-refractivity contribution < 1.29 is 9.90 Å². The first kappa shape index (κ1) is 10.9. The molecule has 1 rings (SSSR count). The maximum absolute atomic E-state index is 10.5. The van der Waals surface area contributed by atoms with Crippen molar-refractivity contribution in [2.45, 2.75) is 32.7 Å². The van der Waals surface area contributed by atoms with Crippen molar-refractivity contribution in [1.29, 1.82) is 0 Å². The van der Waals surface area contributed by atoms with Crippen molar-refractivity contribution in [3.63, 3.8) is 0 Å². The quantitative estimate of drug-likeness (QED) is 0.796. The molecule has 0 unspecified atom stereocenters. The zero-order valence-corrected chi connectivity index (χ0v) is 9.18. The first-order valence-electron chi connectivity index (χ1n) is 4.19. The first-order chi connectivity index (χ1) is 6.39. The van der Waals surface area contributed by atoms with Crippen LogP contribution in [0.2, 0.25) is 0 Å². The van der Waals surface area contributed by atoms with Gasteiger partial charge in [0.15, 0.2) is 0 Å². The van der Waals surface area contributed by atoms with Gasteiger partial charge in [-0.2, -0.15) is 4.37 Å². The first-order valence-corrected chi connectivity index (χ1v) is 4.97. The fourth-order valence-electron chi connectivity index (χ4n) is 1.06. The SMILES string of the molecule is Cc1nsc(NC(C)(C)CC(=O)O)n1. The maximum Gasteiger partial charge on any atom is 0.305 e. The summed E-state index contributed by atoms with van der Waals surface area (Å²) in [4.78, 5) is 14.6. The van der Waals surface area contributed by atoms with Gasteiger partial charge in [-0.05, 0) is 20.8 Å². The number of aryl methyl sites for hydroxylation is 1. The molecule has 6 heteroatoms. The molecule has 0 aliphatic rings. The van der Waals surface area contributed by atoms with Crippen LogP contribution in [-0.4, -0.2) is 26.0 Å². The Kier molecular flexibility index (Phi) is 3.05. The second-order valence-corrected chi connectivity index (χ2v) is 4.48. The lowest BCUT2D eigenvalue weighted by Gasteiger charge is -2.23. The normalized spacial score (nSPS) is 11.4. The molecule has 0 atom stereocenters. The Morgan fingerprint density at radius 1 is 1.64 bits per heavy atom. The summed E-state index contributed by atoms with van der Waals surface area (Å²) in [5.41, 5.74) is -0.502. The van der Waals surface area contributed by atoms with Crippen LogP contribution in [0.15, 0.2) is 0 Å². The summed E-state index contributed by atoms with van der Waals surface area (Å²) in [6, 6.07) is 0. The number of aromatic nitrogens is 2. The highest BCUT2D eigenvalue weighted by Gasteiger charge is 2.22. The molecule has 0 bridgehead atoms. The van der Waals surface area contributed by atoms with Crippen LogP contribution in [0.25, 0.3) is 0 Å². The predicted molar refractivity (Wildman–Crippen MR) is 54.6 cm³/mol. The molecule has 0 amide bonds. The molecule has 1 heterocycles. The van der Waals surface area contributed by atoms with Gasteiger partial charge in [0.2, 0.25) is 5.13 Å². The van der Waals surface area contributed by atoms with Crippen LogP contribution >= 0.6 is 11.5 Å². The average Bonchev–Trinajstić information content (AvgIpc) is 2.30. The second kappa shape index (κ2) is 3.91. The van der Waals surface area contributed by atoms with Crippen LogP contribution in [0, 0.1) is 6.92 Å². The third-order valence-corrected chi connectivity index (χ3v) is 2.29. The molecule has 0 spiro atoms. The van der Waals surface area contributed by atoms with Crippen LogP contribution in [0.3, 0.4) is 0 Å². The molecule has 1 aromatic rings. The van der Waals surface area contributed by atoms with Crippen molar-refractivity contribution in [3.8, 4) is 0 Å². The molecule has 0 aliphatic heterocycles. The highest BCUT2D eigenvalue weighted by molar-refractivity contribution is 7.09. The van der Waals surface area contributed by atoms with Crippen molar-refractivity contribution in [1.82, 2.24) is 9.36 Å². The predicted octanol–water partition coefficient (Wildman–Crippen LogP) is 1.51. The van der Waals surface area contributed by atoms with Crippen LogP contribution < -0.4 is 5.32 Å². The fraction of sp³-hybridized carbons (Fsp3) is 0.625. The topological polar surface area (TPSA) is 75.1 Å². The van der Waals surface area contributed by atoms with Gasteiger partial charge in [0, 0.05) is 17.1 Å². The molecule has 0 fully saturated rings. The number of carboxylic acids is 1. The molecule has 0 saturated heterocycles. The van der Waals surface area contributed by atoms with Gasteiger partial charge in [-0.25, -0.2) is 4.98 Å². The van der Waals surface area contributed by atoms with Gasteiger partial charge >= 0.3 is 5.97 Å². The van der Waals surface area contributed by atoms with E-state index in [0.717, 1.165) is 0 Å². The van der Waals surface area contributed by atoms with Crippen LogP contribution in [0.5, 0.6) is 0 Å². The Balaban J connectivity index is 2.63. The summed E-state index contributed by atoms with van der Waals surface area (Å²) in [5.74, 6) is -0.132. The van der Waals surface area contributed by atoms with E-state index in [9.17, 15) is 4.79 Å². The number of carboxylic acid groups (broad SMARTS) is 1. The molecule has 2 N–H and O–H groups in total. The molecular weight excluding hydrogens is 202 g/mol. The van der Waals surface area contributed by atoms with E-state index >= 15 is 0 Å². The number of hydrogen-bond donors (Lipinski definition) is 2. The van der Waals surface area contributed by atoms with Gasteiger partial charge in [-0.15, -0.1) is 0 Å². The molecular formula is C8H13N3O2S. The lowest BCUT2D eigenvalue weighted by molar-refractivity contribution is -0.137. The summed E-state index contributed by atoms with van der Waals surface area (Å²) in [5, 5.41) is 12.4. The van der Waals surface area contributed by atoms with Crippen molar-refractivity contribution >= 4 is 22.6 Å². The second-order valence-electron chi connectivity index (χ2n) is 3.73. The van der Waals surface area contributed by atoms with Gasteiger partial charge in [-0.3, -0.25) is 4.79 Å². The van der Waals surface area contributed by atoms with E-state index in [1.54, 1.807) is 6.92 Å². The number of aliphatic carboxylic acids is 1. The minimum absolute atomic E-state index is 0.0472. The summed E-state index contributed by atoms with van der Waals surface area (Å²) < 4.78 is 4.00. The number of nitrogens with zero attached hydrogens (tertiary/aromatic N) is 2. The Bertz CT molecular complexity index is 335. The zero-order valence-electron chi connectivity index (χ0n) is 8.37. The van der Waals surface area contributed by atoms with Crippen molar-refractivity contribution in [2.24, 2.45) is 0 Å². The van der Waals surface area contributed by atoms with Crippen LogP contribution in [0.4, 0.5) is 5.13 Å². The van der Waals surface area contributed by atoms with Crippen molar-refractivity contribution in [3.05, 3.63) is 5.82 Å². The number of carbonyl (C=O) groups is 1. The summed E-state index contributed by atoms with van der Waals surface area (Å²) in [6.07, 6.45) is 0.0472. The third-order valence-electron chi connectivity index (χ3n) is 1.57. The summed E-state index contributed by atoms with van der Waals surface area (Å²) in [7, 11) is 0. The standard InChI is InChI=1S/C8H13N3O2S/c1-5-9-7(14-11-5)10-8(2,3)4-6(12)13/h4H2,1-3H3,(H,12,13)(H,9,10,11). The van der Waals surface area contributed by atoms with Crippen LogP contribution in [-0.2, 0) is 4.79 Å². The van der Waals surface area contributed by atoms with Crippen molar-refractivity contribution in [2.75, 3.05) is 5.32 Å². The smallest absolute Gasteiger partial charge is 0.305 e. The van der Waals surface area contributed by atoms with E-state index in [4.69, 9.17) is 5.11 Å². The van der Waals surface area contributed by atoms with Gasteiger partial charge in [0.05, 0.1) is 6.42 Å². The molecule has 0 radical (unpaired) electrons. The molecule has 0 saturated carbocycles. The molecule has 1 aromatic heterocycles. The van der Waals surface area contributed by atoms with Gasteiger partial charge in [0.1, 0.15) is 5.82 Å². The third kappa shape index (κ3) is 3.29. The van der Waals surface area contributed by atoms with E-state index in [2.05, 4.69) is 14.7 Å². The van der Waals surface area contributed by atoms with Gasteiger partial charge < -0.3 is 10.4 Å². The number of nitrogens with one attached hydrogen (secondary N) is 1. The molecule has 0 aromatic carbocycles. The van der Waals surface area contributed by atoms with Gasteiger partial charge in [0.25, 0.3) is 0 Å². The molecule has 5 nitrogen and oxygen atoms in total. The van der Waals surface area contributed by atoms with E-state index in [-0.39, 0.29) is 6.42 Å². The zero-order chi connectivity index (χ0) is 10.8. The van der Waals surface area contributed by atoms with Gasteiger partial charge in [-0.1, -0.05) is 0 Å². The lowest BCUT2D eigenvalue weighted by Crippen LogP contribution is -2.33. The van der Waals surface area contributed by atoms with E-state index in [1.165, 1.54) is 11.5 Å². The minimum atomic E-state index is -0.830. The highest BCUT2D eigenvalue weighted by atomic mass is 32.1. The Hall–Kier alpha value is -1.17. The van der Waals surface area contributed by atoms with E-state index < -0.39 is 11.5 Å². The molecule has 78 valence electrons. The number of anilines is 1. The number of rotatable bonds is 4. The van der Waals surface area contributed by atoms with E-state index in [0.29, 0.717) is 11.0 Å². The molecule has 14 heavy (non-hydrogen) atoms. The maximum atomic E-state index is 10.5. The van der Waals surface area contributed by atoms with E-state index in [1.807, 2.05) is 13.8 Å². The lowest BCUT2D eigenvalue weighted by atomic mass is 10.0. The largest absolute Gasteiger partial charge is 0.481 e. The Morgan fingerprint density at radius 2 is 2.29 bits per heavy atom. The fourth-order valence-corrected chi connectivity index (χ4v) is 1.81. The summed E-state index contributed by atoms with van der Waals surface area (Å²) >= 11 is 1.24. The average molecular weight is 215 g/mol. The minimum Gasteiger partial charge on any atom is -0.481 e. The Labute approximate surface area is 86.3 Å². The molecule has 0 aliphatic carbocycles. The monoisotopic (exact) mass is 215 g/mol. The summed E-state index contributed by atoms with van der Waals surface area (Å²) in [6.45, 7) is 5.43. The Morgan fingerprint density at radius 3 is 2.71 bits per heavy atom. The highest BCUT2D eigenvalue weighted by Crippen LogP contribution is 2.19.